The first-order valence-electron chi connectivity index (χ1n) is 13.0. The molecule has 0 spiro atoms. The Morgan fingerprint density at radius 3 is 0.795 bits per heavy atom. The monoisotopic (exact) mass is 517 g/mol. The lowest BCUT2D eigenvalue weighted by Crippen LogP contribution is -2.13. The molecule has 39 heavy (non-hydrogen) atoms. The lowest BCUT2D eigenvalue weighted by Gasteiger charge is -2.20. The van der Waals surface area contributed by atoms with Crippen molar-refractivity contribution in [2.45, 2.75) is 0 Å². The minimum absolute atomic E-state index is 0.836. The molecule has 6 aromatic carbocycles. The average molecular weight is 518 g/mol. The summed E-state index contributed by atoms with van der Waals surface area (Å²) in [6.07, 6.45) is 0. The minimum Gasteiger partial charge on any atom is -0.615 e. The number of hydrogen-bond acceptors (Lipinski definition) is 2. The van der Waals surface area contributed by atoms with Crippen molar-refractivity contribution in [3.05, 3.63) is 158 Å². The van der Waals surface area contributed by atoms with Crippen molar-refractivity contribution >= 4 is 15.9 Å². The molecule has 0 saturated heterocycles. The van der Waals surface area contributed by atoms with E-state index in [9.17, 15) is 0 Å². The molecule has 2 nitrogen and oxygen atoms in total. The van der Waals surface area contributed by atoms with Crippen LogP contribution in [0.3, 0.4) is 0 Å². The molecular formula is C36H26AlO2. The molecular weight excluding hydrogens is 491 g/mol. The summed E-state index contributed by atoms with van der Waals surface area (Å²) in [7, 11) is 0. The maximum Gasteiger partial charge on any atom is 0.881 e. The molecule has 0 unspecified atom stereocenters. The molecule has 0 saturated carbocycles. The van der Waals surface area contributed by atoms with Gasteiger partial charge in [-0.3, -0.25) is 0 Å². The Balaban J connectivity index is 1.40. The predicted molar refractivity (Wildman–Crippen MR) is 162 cm³/mol. The topological polar surface area (TPSA) is 18.5 Å². The van der Waals surface area contributed by atoms with Gasteiger partial charge in [0.1, 0.15) is 0 Å². The van der Waals surface area contributed by atoms with Crippen LogP contribution >= 0.6 is 0 Å². The van der Waals surface area contributed by atoms with Gasteiger partial charge < -0.3 is 7.58 Å². The standard InChI is InChI=1S/2C18H14O.Al/c2*19-18-16(14-8-3-1-4-9-14)12-7-13-17(18)15-10-5-2-6-11-15;/h2*1-13,19H;/q;;+2/p-2. The van der Waals surface area contributed by atoms with Crippen LogP contribution < -0.4 is 7.58 Å². The van der Waals surface area contributed by atoms with E-state index in [2.05, 4.69) is 133 Å². The van der Waals surface area contributed by atoms with Crippen LogP contribution in [0.1, 0.15) is 0 Å². The van der Waals surface area contributed by atoms with Crippen LogP contribution in [0.25, 0.3) is 44.5 Å². The van der Waals surface area contributed by atoms with Crippen molar-refractivity contribution in [2.75, 3.05) is 0 Å². The molecule has 0 heterocycles. The summed E-state index contributed by atoms with van der Waals surface area (Å²) in [5.74, 6) is 1.67. The molecule has 1 radical (unpaired) electrons. The van der Waals surface area contributed by atoms with Crippen LogP contribution in [-0.2, 0) is 0 Å². The van der Waals surface area contributed by atoms with Crippen molar-refractivity contribution in [1.29, 1.82) is 0 Å². The second kappa shape index (κ2) is 11.9. The summed E-state index contributed by atoms with van der Waals surface area (Å²) in [6.45, 7) is 0. The van der Waals surface area contributed by atoms with Crippen molar-refractivity contribution in [3.8, 4) is 56.0 Å². The Hall–Kier alpha value is -4.55. The Labute approximate surface area is 236 Å². The fraction of sp³-hybridized carbons (Fsp3) is 0. The van der Waals surface area contributed by atoms with Gasteiger partial charge in [0.25, 0.3) is 0 Å². The van der Waals surface area contributed by atoms with Crippen molar-refractivity contribution < 1.29 is 7.58 Å². The van der Waals surface area contributed by atoms with Crippen LogP contribution in [-0.4, -0.2) is 15.9 Å². The van der Waals surface area contributed by atoms with Gasteiger partial charge in [0, 0.05) is 22.3 Å². The molecule has 185 valence electrons. The molecule has 0 atom stereocenters. The van der Waals surface area contributed by atoms with Gasteiger partial charge in [-0.25, -0.2) is 0 Å². The molecule has 0 bridgehead atoms. The minimum atomic E-state index is -0.869. The second-order valence-electron chi connectivity index (χ2n) is 9.16. The van der Waals surface area contributed by atoms with Gasteiger partial charge in [-0.2, -0.15) is 0 Å². The quantitative estimate of drug-likeness (QED) is 0.187. The molecule has 0 N–H and O–H groups in total. The van der Waals surface area contributed by atoms with E-state index in [1.54, 1.807) is 0 Å². The highest BCUT2D eigenvalue weighted by atomic mass is 27.2. The summed E-state index contributed by atoms with van der Waals surface area (Å²) in [5.41, 5.74) is 8.64. The predicted octanol–water partition coefficient (Wildman–Crippen LogP) is 9.35. The van der Waals surface area contributed by atoms with Gasteiger partial charge in [0.05, 0.1) is 11.5 Å². The van der Waals surface area contributed by atoms with Crippen LogP contribution in [0.5, 0.6) is 11.5 Å². The number of hydrogen-bond donors (Lipinski definition) is 0. The van der Waals surface area contributed by atoms with Crippen LogP contribution in [0.4, 0.5) is 0 Å². The summed E-state index contributed by atoms with van der Waals surface area (Å²) in [4.78, 5) is 0. The third-order valence-electron chi connectivity index (χ3n) is 6.70. The normalized spacial score (nSPS) is 10.6. The van der Waals surface area contributed by atoms with E-state index in [4.69, 9.17) is 7.58 Å². The zero-order valence-corrected chi connectivity index (χ0v) is 22.6. The Morgan fingerprint density at radius 2 is 0.538 bits per heavy atom. The van der Waals surface area contributed by atoms with Gasteiger partial charge in [0.15, 0.2) is 0 Å². The third kappa shape index (κ3) is 5.52. The van der Waals surface area contributed by atoms with E-state index in [-0.39, 0.29) is 0 Å². The molecule has 0 amide bonds. The second-order valence-corrected chi connectivity index (χ2v) is 9.82. The maximum absolute atomic E-state index is 6.62. The highest BCUT2D eigenvalue weighted by Gasteiger charge is 2.19. The fourth-order valence-corrected chi connectivity index (χ4v) is 5.58. The van der Waals surface area contributed by atoms with Crippen LogP contribution in [0, 0.1) is 0 Å². The Bertz CT molecular complexity index is 1410. The van der Waals surface area contributed by atoms with Crippen molar-refractivity contribution in [1.82, 2.24) is 0 Å². The van der Waals surface area contributed by atoms with Crippen LogP contribution in [0.2, 0.25) is 0 Å². The molecule has 3 heteroatoms. The summed E-state index contributed by atoms with van der Waals surface area (Å²) < 4.78 is 13.2. The van der Waals surface area contributed by atoms with Gasteiger partial charge >= 0.3 is 15.9 Å². The highest BCUT2D eigenvalue weighted by Crippen LogP contribution is 2.41. The first kappa shape index (κ1) is 24.8. The molecule has 0 fully saturated rings. The van der Waals surface area contributed by atoms with E-state index in [0.717, 1.165) is 56.0 Å². The first-order chi connectivity index (χ1) is 19.4. The van der Waals surface area contributed by atoms with E-state index in [0.29, 0.717) is 0 Å². The van der Waals surface area contributed by atoms with Gasteiger partial charge in [-0.15, -0.1) is 0 Å². The maximum atomic E-state index is 6.62. The summed E-state index contributed by atoms with van der Waals surface area (Å²) in [5, 5.41) is 0. The number of rotatable bonds is 8. The highest BCUT2D eigenvalue weighted by molar-refractivity contribution is 6.22. The molecule has 0 aromatic heterocycles. The largest absolute Gasteiger partial charge is 0.881 e. The Morgan fingerprint density at radius 1 is 0.282 bits per heavy atom. The zero-order chi connectivity index (χ0) is 26.3. The molecule has 0 aliphatic rings. The fourth-order valence-electron chi connectivity index (χ4n) is 4.83. The van der Waals surface area contributed by atoms with E-state index < -0.39 is 15.9 Å². The smallest absolute Gasteiger partial charge is 0.615 e. The molecule has 6 aromatic rings. The van der Waals surface area contributed by atoms with E-state index in [1.807, 2.05) is 24.3 Å². The SMILES string of the molecule is c1ccc(-c2cccc(-c3ccccc3)c2[O][Al][O]c2c(-c3ccccc3)cccc2-c2ccccc2)cc1. The van der Waals surface area contributed by atoms with Crippen molar-refractivity contribution in [3.63, 3.8) is 0 Å². The molecule has 6 rings (SSSR count). The lowest BCUT2D eigenvalue weighted by atomic mass is 9.97. The summed E-state index contributed by atoms with van der Waals surface area (Å²) in [6, 6.07) is 54.1. The van der Waals surface area contributed by atoms with Gasteiger partial charge in [-0.1, -0.05) is 158 Å². The molecule has 0 aliphatic carbocycles. The average Bonchev–Trinajstić information content (AvgIpc) is 3.03. The van der Waals surface area contributed by atoms with Gasteiger partial charge in [0.2, 0.25) is 0 Å². The summed E-state index contributed by atoms with van der Waals surface area (Å²) >= 11 is -0.869. The third-order valence-corrected chi connectivity index (χ3v) is 7.37. The van der Waals surface area contributed by atoms with Crippen molar-refractivity contribution in [2.24, 2.45) is 0 Å². The number of benzene rings is 6. The number of para-hydroxylation sites is 2. The zero-order valence-electron chi connectivity index (χ0n) is 21.4. The first-order valence-corrected chi connectivity index (χ1v) is 14.0. The van der Waals surface area contributed by atoms with Crippen LogP contribution in [0.15, 0.2) is 158 Å². The van der Waals surface area contributed by atoms with Gasteiger partial charge in [-0.05, 0) is 22.3 Å². The van der Waals surface area contributed by atoms with E-state index in [1.165, 1.54) is 0 Å². The van der Waals surface area contributed by atoms with E-state index >= 15 is 0 Å². The Kier molecular flexibility index (Phi) is 7.55. The lowest BCUT2D eigenvalue weighted by molar-refractivity contribution is 0.462. The molecule has 0 aliphatic heterocycles.